The number of hydrogen-bond donors (Lipinski definition) is 3. The monoisotopic (exact) mass is 527 g/mol. The van der Waals surface area contributed by atoms with E-state index >= 15 is 0 Å². The van der Waals surface area contributed by atoms with Crippen LogP contribution in [0.5, 0.6) is 0 Å². The van der Waals surface area contributed by atoms with Crippen LogP contribution in [0.2, 0.25) is 0 Å². The van der Waals surface area contributed by atoms with E-state index in [9.17, 15) is 18.7 Å². The van der Waals surface area contributed by atoms with Gasteiger partial charge in [-0.15, -0.1) is 0 Å². The lowest BCUT2D eigenvalue weighted by Crippen LogP contribution is -2.45. The molecule has 12 heteroatoms. The van der Waals surface area contributed by atoms with Crippen molar-refractivity contribution in [1.29, 1.82) is 0 Å². The molecule has 1 saturated heterocycles. The third kappa shape index (κ3) is 3.94. The molecule has 3 aliphatic rings. The summed E-state index contributed by atoms with van der Waals surface area (Å²) in [5, 5.41) is 10.1. The maximum Gasteiger partial charge on any atom is 0.308 e. The fourth-order valence-corrected chi connectivity index (χ4v) is 6.88. The summed E-state index contributed by atoms with van der Waals surface area (Å²) in [6.45, 7) is 0.0843. The molecule has 1 spiro atoms. The number of anilines is 2. The van der Waals surface area contributed by atoms with Gasteiger partial charge in [0.05, 0.1) is 30.8 Å². The van der Waals surface area contributed by atoms with E-state index in [1.807, 2.05) is 12.1 Å². The Balaban J connectivity index is 1.19. The van der Waals surface area contributed by atoms with Gasteiger partial charge in [-0.25, -0.2) is 15.0 Å². The second-order valence-corrected chi connectivity index (χ2v) is 11.2. The lowest BCUT2D eigenvalue weighted by molar-refractivity contribution is -0.0479. The maximum atomic E-state index is 14.6. The number of aliphatic hydroxyl groups excluding tert-OH is 1. The summed E-state index contributed by atoms with van der Waals surface area (Å²) in [6.07, 6.45) is 3.96. The zero-order valence-electron chi connectivity index (χ0n) is 20.0. The Bertz CT molecular complexity index is 1370. The lowest BCUT2D eigenvalue weighted by Gasteiger charge is -2.42. The van der Waals surface area contributed by atoms with Crippen molar-refractivity contribution in [3.05, 3.63) is 63.5 Å². The first-order valence-corrected chi connectivity index (χ1v) is 13.0. The smallest absolute Gasteiger partial charge is 0.308 e. The van der Waals surface area contributed by atoms with Crippen LogP contribution >= 0.6 is 11.3 Å². The van der Waals surface area contributed by atoms with Crippen LogP contribution in [-0.4, -0.2) is 50.5 Å². The number of hydrogen-bond acceptors (Lipinski definition) is 9. The maximum absolute atomic E-state index is 14.6. The number of alkyl halides is 2. The standard InChI is InChI=1S/C25H27F2N7O2S/c26-25(27)13-34(11-18-20(25)32-23(29)37-18)22(36)16-10-30-21(17(12-35)31-16)33-7-5-24(6-8-33)9-14-3-1-2-4-15(14)19(24)28/h1-4,10,19,35H,5-9,11-13,28H2,(H2,29,32)/t19-/m1/s1. The number of nitrogen functional groups attached to an aromatic ring is 1. The van der Waals surface area contributed by atoms with Crippen molar-refractivity contribution in [3.8, 4) is 0 Å². The molecular weight excluding hydrogens is 500 g/mol. The first kappa shape index (κ1) is 24.1. The molecule has 0 bridgehead atoms. The van der Waals surface area contributed by atoms with Gasteiger partial charge >= 0.3 is 5.92 Å². The van der Waals surface area contributed by atoms with Gasteiger partial charge in [-0.05, 0) is 35.8 Å². The molecule has 5 N–H and O–H groups in total. The number of nitrogens with zero attached hydrogens (tertiary/aromatic N) is 5. The van der Waals surface area contributed by atoms with Gasteiger partial charge in [0.2, 0.25) is 0 Å². The molecule has 37 heavy (non-hydrogen) atoms. The van der Waals surface area contributed by atoms with E-state index in [4.69, 9.17) is 11.5 Å². The second kappa shape index (κ2) is 8.67. The number of rotatable bonds is 3. The molecule has 3 aromatic rings. The normalized spacial score (nSPS) is 21.7. The van der Waals surface area contributed by atoms with Crippen LogP contribution in [0.1, 0.15) is 56.8 Å². The van der Waals surface area contributed by atoms with Crippen molar-refractivity contribution in [2.24, 2.45) is 11.1 Å². The number of nitrogens with two attached hydrogens (primary N) is 2. The summed E-state index contributed by atoms with van der Waals surface area (Å²) in [4.78, 5) is 29.0. The molecule has 1 atom stereocenters. The third-order valence-corrected chi connectivity index (χ3v) is 8.78. The summed E-state index contributed by atoms with van der Waals surface area (Å²) in [5.41, 5.74) is 14.6. The fraction of sp³-hybridized carbons (Fsp3) is 0.440. The molecule has 2 aliphatic heterocycles. The molecule has 1 aromatic carbocycles. The molecule has 4 heterocycles. The molecule has 6 rings (SSSR count). The van der Waals surface area contributed by atoms with E-state index in [2.05, 4.69) is 32.0 Å². The largest absolute Gasteiger partial charge is 0.390 e. The highest BCUT2D eigenvalue weighted by Gasteiger charge is 2.47. The number of piperidine rings is 1. The Morgan fingerprint density at radius 3 is 2.70 bits per heavy atom. The zero-order chi connectivity index (χ0) is 25.9. The number of thiazole rings is 1. The molecule has 0 radical (unpaired) electrons. The van der Waals surface area contributed by atoms with Gasteiger partial charge in [0.15, 0.2) is 10.9 Å². The fourth-order valence-electron chi connectivity index (χ4n) is 5.98. The van der Waals surface area contributed by atoms with Crippen molar-refractivity contribution in [2.75, 3.05) is 30.3 Å². The molecule has 0 unspecified atom stereocenters. The summed E-state index contributed by atoms with van der Waals surface area (Å²) < 4.78 is 29.3. The molecule has 0 saturated carbocycles. The summed E-state index contributed by atoms with van der Waals surface area (Å²) in [5.74, 6) is -3.49. The van der Waals surface area contributed by atoms with Crippen LogP contribution in [-0.2, 0) is 25.5 Å². The zero-order valence-corrected chi connectivity index (χ0v) is 20.8. The predicted octanol–water partition coefficient (Wildman–Crippen LogP) is 2.60. The van der Waals surface area contributed by atoms with Crippen molar-refractivity contribution < 1.29 is 18.7 Å². The first-order valence-electron chi connectivity index (χ1n) is 12.2. The third-order valence-electron chi connectivity index (χ3n) is 7.91. The van der Waals surface area contributed by atoms with E-state index in [0.29, 0.717) is 18.9 Å². The van der Waals surface area contributed by atoms with Crippen LogP contribution in [0.4, 0.5) is 19.7 Å². The Morgan fingerprint density at radius 1 is 1.22 bits per heavy atom. The average Bonchev–Trinajstić information content (AvgIpc) is 3.41. The van der Waals surface area contributed by atoms with Gasteiger partial charge in [0, 0.05) is 19.1 Å². The number of aromatic nitrogens is 3. The minimum Gasteiger partial charge on any atom is -0.390 e. The molecule has 194 valence electrons. The molecular formula is C25H27F2N7O2S. The van der Waals surface area contributed by atoms with Crippen molar-refractivity contribution in [3.63, 3.8) is 0 Å². The number of aliphatic hydroxyl groups is 1. The lowest BCUT2D eigenvalue weighted by atomic mass is 9.73. The van der Waals surface area contributed by atoms with E-state index < -0.39 is 25.0 Å². The minimum absolute atomic E-state index is 0.0126. The Labute approximate surface area is 216 Å². The van der Waals surface area contributed by atoms with E-state index in [-0.39, 0.29) is 45.1 Å². The van der Waals surface area contributed by atoms with Crippen LogP contribution in [0.3, 0.4) is 0 Å². The van der Waals surface area contributed by atoms with Crippen molar-refractivity contribution in [1.82, 2.24) is 19.9 Å². The molecule has 1 aliphatic carbocycles. The van der Waals surface area contributed by atoms with E-state index in [0.717, 1.165) is 35.5 Å². The number of halogens is 2. The highest BCUT2D eigenvalue weighted by atomic mass is 32.1. The Hall–Kier alpha value is -3.22. The van der Waals surface area contributed by atoms with Crippen LogP contribution < -0.4 is 16.4 Å². The minimum atomic E-state index is -3.31. The van der Waals surface area contributed by atoms with Crippen molar-refractivity contribution >= 4 is 28.2 Å². The number of amides is 1. The summed E-state index contributed by atoms with van der Waals surface area (Å²) >= 11 is 0.943. The predicted molar refractivity (Wildman–Crippen MR) is 134 cm³/mol. The number of fused-ring (bicyclic) bond motifs is 2. The van der Waals surface area contributed by atoms with Gasteiger partial charge in [-0.1, -0.05) is 35.6 Å². The highest BCUT2D eigenvalue weighted by Crippen LogP contribution is 2.51. The topological polar surface area (TPSA) is 134 Å². The SMILES string of the molecule is Nc1nc2c(s1)CN(C(=O)c1cnc(N3CCC4(CC3)Cc3ccccc3[C@H]4N)c(CO)n1)CC2(F)F. The number of benzene rings is 1. The van der Waals surface area contributed by atoms with Crippen LogP contribution in [0.25, 0.3) is 0 Å². The first-order chi connectivity index (χ1) is 17.7. The van der Waals surface area contributed by atoms with Gasteiger partial charge in [0.1, 0.15) is 17.1 Å². The van der Waals surface area contributed by atoms with Crippen molar-refractivity contribution in [2.45, 2.75) is 44.4 Å². The van der Waals surface area contributed by atoms with Gasteiger partial charge in [-0.3, -0.25) is 4.79 Å². The van der Waals surface area contributed by atoms with Gasteiger partial charge < -0.3 is 26.4 Å². The summed E-state index contributed by atoms with van der Waals surface area (Å²) in [7, 11) is 0. The molecule has 1 amide bonds. The molecule has 2 aromatic heterocycles. The average molecular weight is 528 g/mol. The second-order valence-electron chi connectivity index (χ2n) is 10.1. The highest BCUT2D eigenvalue weighted by molar-refractivity contribution is 7.15. The summed E-state index contributed by atoms with van der Waals surface area (Å²) in [6, 6.07) is 8.29. The molecule has 9 nitrogen and oxygen atoms in total. The van der Waals surface area contributed by atoms with Crippen LogP contribution in [0.15, 0.2) is 30.5 Å². The number of carbonyl (C=O) groups excluding carboxylic acids is 1. The quantitative estimate of drug-likeness (QED) is 0.473. The van der Waals surface area contributed by atoms with Crippen LogP contribution in [0, 0.1) is 5.41 Å². The Kier molecular flexibility index (Phi) is 5.66. The van der Waals surface area contributed by atoms with E-state index in [1.165, 1.54) is 17.3 Å². The number of carbonyl (C=O) groups is 1. The van der Waals surface area contributed by atoms with E-state index in [1.54, 1.807) is 0 Å². The molecule has 1 fully saturated rings. The van der Waals surface area contributed by atoms with Gasteiger partial charge in [-0.2, -0.15) is 8.78 Å². The Morgan fingerprint density at radius 2 is 1.97 bits per heavy atom. The van der Waals surface area contributed by atoms with Gasteiger partial charge in [0.25, 0.3) is 5.91 Å².